The molecule has 0 aliphatic heterocycles. The Morgan fingerprint density at radius 1 is 1.78 bits per heavy atom. The van der Waals surface area contributed by atoms with E-state index in [1.54, 1.807) is 6.92 Å². The van der Waals surface area contributed by atoms with Gasteiger partial charge in [-0.25, -0.2) is 0 Å². The minimum absolute atomic E-state index is 0.595. The average Bonchev–Trinajstić information content (AvgIpc) is 1.89. The van der Waals surface area contributed by atoms with Crippen molar-refractivity contribution >= 4 is 0 Å². The first kappa shape index (κ1) is 8.26. The fourth-order valence-corrected chi connectivity index (χ4v) is 0.500. The molecule has 0 heterocycles. The van der Waals surface area contributed by atoms with Crippen molar-refractivity contribution in [2.24, 2.45) is 0 Å². The van der Waals surface area contributed by atoms with E-state index in [9.17, 15) is 5.11 Å². The lowest BCUT2D eigenvalue weighted by Crippen LogP contribution is -2.20. The summed E-state index contributed by atoms with van der Waals surface area (Å²) in [7, 11) is 0. The maximum absolute atomic E-state index is 9.34. The molecule has 1 atom stereocenters. The van der Waals surface area contributed by atoms with E-state index in [0.29, 0.717) is 6.42 Å². The van der Waals surface area contributed by atoms with E-state index < -0.39 is 5.60 Å². The quantitative estimate of drug-likeness (QED) is 0.435. The first-order chi connectivity index (χ1) is 4.18. The van der Waals surface area contributed by atoms with E-state index in [2.05, 4.69) is 18.4 Å². The number of hydrogen-bond acceptors (Lipinski definition) is 1. The summed E-state index contributed by atoms with van der Waals surface area (Å²) in [6.45, 7) is 7.04. The van der Waals surface area contributed by atoms with Gasteiger partial charge in [-0.1, -0.05) is 19.4 Å². The highest BCUT2D eigenvalue weighted by molar-refractivity contribution is 5.19. The summed E-state index contributed by atoms with van der Waals surface area (Å²) in [6.07, 6.45) is 2.06. The normalized spacial score (nSPS) is 15.0. The molecule has 0 aliphatic rings. The van der Waals surface area contributed by atoms with E-state index in [0.717, 1.165) is 0 Å². The molecule has 1 unspecified atom stereocenters. The molecule has 0 fully saturated rings. The van der Waals surface area contributed by atoms with Crippen LogP contribution in [0.5, 0.6) is 0 Å². The fourth-order valence-electron chi connectivity index (χ4n) is 0.500. The minimum Gasteiger partial charge on any atom is -0.374 e. The van der Waals surface area contributed by atoms with Gasteiger partial charge in [-0.3, -0.25) is 0 Å². The largest absolute Gasteiger partial charge is 0.374 e. The zero-order valence-electron chi connectivity index (χ0n) is 5.94. The maximum Gasteiger partial charge on any atom is 0.143 e. The molecule has 0 bridgehead atoms. The van der Waals surface area contributed by atoms with Crippen molar-refractivity contribution in [3.05, 3.63) is 12.7 Å². The second kappa shape index (κ2) is 3.32. The number of rotatable bonds is 2. The Labute approximate surface area is 56.4 Å². The molecule has 0 amide bonds. The molecule has 0 aromatic rings. The number of hydrogen-bond donors (Lipinski definition) is 1. The van der Waals surface area contributed by atoms with Crippen LogP contribution in [0.15, 0.2) is 12.7 Å². The summed E-state index contributed by atoms with van der Waals surface area (Å²) in [5.74, 6) is 5.28. The molecule has 0 aromatic heterocycles. The van der Waals surface area contributed by atoms with Gasteiger partial charge < -0.3 is 5.11 Å². The van der Waals surface area contributed by atoms with Gasteiger partial charge in [-0.15, -0.1) is 5.92 Å². The molecule has 0 radical (unpaired) electrons. The summed E-state index contributed by atoms with van der Waals surface area (Å²) >= 11 is 0. The summed E-state index contributed by atoms with van der Waals surface area (Å²) in [5.41, 5.74) is -0.964. The molecule has 1 nitrogen and oxygen atoms in total. The predicted molar refractivity (Wildman–Crippen MR) is 38.9 cm³/mol. The molecule has 0 rings (SSSR count). The van der Waals surface area contributed by atoms with Crippen molar-refractivity contribution in [3.63, 3.8) is 0 Å². The standard InChI is InChI=1S/C8H12O/c1-4-7-8(9,5-2)6-3/h5,9H,2,6H2,1,3H3. The minimum atomic E-state index is -0.964. The Bertz CT molecular complexity index is 150. The van der Waals surface area contributed by atoms with Crippen molar-refractivity contribution in [2.75, 3.05) is 0 Å². The van der Waals surface area contributed by atoms with E-state index in [1.807, 2.05) is 6.92 Å². The van der Waals surface area contributed by atoms with E-state index in [4.69, 9.17) is 0 Å². The smallest absolute Gasteiger partial charge is 0.143 e. The topological polar surface area (TPSA) is 20.2 Å². The van der Waals surface area contributed by atoms with Crippen molar-refractivity contribution in [1.82, 2.24) is 0 Å². The summed E-state index contributed by atoms with van der Waals surface area (Å²) < 4.78 is 0. The fraction of sp³-hybridized carbons (Fsp3) is 0.500. The van der Waals surface area contributed by atoms with Gasteiger partial charge >= 0.3 is 0 Å². The van der Waals surface area contributed by atoms with Gasteiger partial charge in [0.1, 0.15) is 5.60 Å². The molecule has 0 saturated heterocycles. The Morgan fingerprint density at radius 3 is 2.44 bits per heavy atom. The zero-order chi connectivity index (χ0) is 7.33. The molecule has 1 heteroatoms. The molecule has 50 valence electrons. The SMILES string of the molecule is C=CC(O)(C#CC)CC. The second-order valence-corrected chi connectivity index (χ2v) is 1.86. The summed E-state index contributed by atoms with van der Waals surface area (Å²) in [5, 5.41) is 9.34. The van der Waals surface area contributed by atoms with Gasteiger partial charge in [0.25, 0.3) is 0 Å². The van der Waals surface area contributed by atoms with Crippen LogP contribution in [0, 0.1) is 11.8 Å². The third-order valence-corrected chi connectivity index (χ3v) is 1.22. The Morgan fingerprint density at radius 2 is 2.33 bits per heavy atom. The molecule has 0 aliphatic carbocycles. The zero-order valence-corrected chi connectivity index (χ0v) is 5.94. The molecular weight excluding hydrogens is 112 g/mol. The third kappa shape index (κ3) is 2.34. The first-order valence-electron chi connectivity index (χ1n) is 2.98. The van der Waals surface area contributed by atoms with Gasteiger partial charge in [-0.05, 0) is 19.4 Å². The van der Waals surface area contributed by atoms with Crippen molar-refractivity contribution in [2.45, 2.75) is 25.9 Å². The van der Waals surface area contributed by atoms with Gasteiger partial charge in [0, 0.05) is 0 Å². The van der Waals surface area contributed by atoms with Crippen LogP contribution in [-0.2, 0) is 0 Å². The number of aliphatic hydroxyl groups is 1. The van der Waals surface area contributed by atoms with Crippen LogP contribution in [0.2, 0.25) is 0 Å². The van der Waals surface area contributed by atoms with Crippen LogP contribution in [0.4, 0.5) is 0 Å². The van der Waals surface area contributed by atoms with Gasteiger partial charge in [0.2, 0.25) is 0 Å². The highest BCUT2D eigenvalue weighted by Crippen LogP contribution is 2.08. The summed E-state index contributed by atoms with van der Waals surface area (Å²) in [4.78, 5) is 0. The van der Waals surface area contributed by atoms with Crippen molar-refractivity contribution in [3.8, 4) is 11.8 Å². The molecule has 0 aromatic carbocycles. The van der Waals surface area contributed by atoms with Crippen LogP contribution in [0.3, 0.4) is 0 Å². The Kier molecular flexibility index (Phi) is 3.05. The van der Waals surface area contributed by atoms with Gasteiger partial charge in [0.15, 0.2) is 0 Å². The average molecular weight is 124 g/mol. The Balaban J connectivity index is 4.21. The van der Waals surface area contributed by atoms with Gasteiger partial charge in [-0.2, -0.15) is 0 Å². The van der Waals surface area contributed by atoms with Crippen LogP contribution in [0.25, 0.3) is 0 Å². The summed E-state index contributed by atoms with van der Waals surface area (Å²) in [6, 6.07) is 0. The van der Waals surface area contributed by atoms with E-state index >= 15 is 0 Å². The van der Waals surface area contributed by atoms with Crippen LogP contribution in [0.1, 0.15) is 20.3 Å². The molecular formula is C8H12O. The van der Waals surface area contributed by atoms with Crippen molar-refractivity contribution in [1.29, 1.82) is 0 Å². The lowest BCUT2D eigenvalue weighted by atomic mass is 10.0. The molecule has 0 saturated carbocycles. The molecule has 0 spiro atoms. The first-order valence-corrected chi connectivity index (χ1v) is 2.98. The monoisotopic (exact) mass is 124 g/mol. The third-order valence-electron chi connectivity index (χ3n) is 1.22. The Hall–Kier alpha value is -0.740. The lowest BCUT2D eigenvalue weighted by Gasteiger charge is -2.13. The molecule has 1 N–H and O–H groups in total. The highest BCUT2D eigenvalue weighted by Gasteiger charge is 2.14. The molecule has 9 heavy (non-hydrogen) atoms. The van der Waals surface area contributed by atoms with E-state index in [1.165, 1.54) is 6.08 Å². The maximum atomic E-state index is 9.34. The predicted octanol–water partition coefficient (Wildman–Crippen LogP) is 1.34. The van der Waals surface area contributed by atoms with Crippen molar-refractivity contribution < 1.29 is 5.11 Å². The van der Waals surface area contributed by atoms with Crippen LogP contribution in [-0.4, -0.2) is 10.7 Å². The van der Waals surface area contributed by atoms with E-state index in [-0.39, 0.29) is 0 Å². The highest BCUT2D eigenvalue weighted by atomic mass is 16.3. The van der Waals surface area contributed by atoms with Crippen LogP contribution >= 0.6 is 0 Å². The second-order valence-electron chi connectivity index (χ2n) is 1.86. The van der Waals surface area contributed by atoms with Gasteiger partial charge in [0.05, 0.1) is 0 Å². The van der Waals surface area contributed by atoms with Crippen LogP contribution < -0.4 is 0 Å². The lowest BCUT2D eigenvalue weighted by molar-refractivity contribution is 0.149.